The topological polar surface area (TPSA) is 43.8 Å². The van der Waals surface area contributed by atoms with E-state index in [9.17, 15) is 9.90 Å². The van der Waals surface area contributed by atoms with E-state index >= 15 is 0 Å². The van der Waals surface area contributed by atoms with Crippen LogP contribution in [0.5, 0.6) is 0 Å². The number of piperazine rings is 1. The SMILES string of the molecule is Cc1ccc(Cl)cc1CC(C(=O)O)N1CCN(C)CC1. The zero-order valence-corrected chi connectivity index (χ0v) is 12.7. The zero-order chi connectivity index (χ0) is 14.7. The molecule has 1 atom stereocenters. The minimum Gasteiger partial charge on any atom is -0.480 e. The number of benzene rings is 1. The Morgan fingerprint density at radius 2 is 2.00 bits per heavy atom. The van der Waals surface area contributed by atoms with Crippen molar-refractivity contribution in [3.8, 4) is 0 Å². The van der Waals surface area contributed by atoms with Crippen molar-refractivity contribution in [2.45, 2.75) is 19.4 Å². The van der Waals surface area contributed by atoms with Gasteiger partial charge in [-0.25, -0.2) is 0 Å². The summed E-state index contributed by atoms with van der Waals surface area (Å²) in [5.74, 6) is -0.756. The van der Waals surface area contributed by atoms with E-state index < -0.39 is 12.0 Å². The van der Waals surface area contributed by atoms with Gasteiger partial charge in [-0.3, -0.25) is 9.69 Å². The summed E-state index contributed by atoms with van der Waals surface area (Å²) in [6.07, 6.45) is 0.505. The third-order valence-electron chi connectivity index (χ3n) is 3.99. The average molecular weight is 297 g/mol. The van der Waals surface area contributed by atoms with Gasteiger partial charge in [-0.15, -0.1) is 0 Å². The van der Waals surface area contributed by atoms with Gasteiger partial charge in [0.1, 0.15) is 6.04 Å². The fraction of sp³-hybridized carbons (Fsp3) is 0.533. The van der Waals surface area contributed by atoms with Crippen LogP contribution in [0, 0.1) is 6.92 Å². The Bertz CT molecular complexity index is 485. The monoisotopic (exact) mass is 296 g/mol. The molecule has 1 aliphatic rings. The summed E-state index contributed by atoms with van der Waals surface area (Å²) >= 11 is 6.02. The van der Waals surface area contributed by atoms with Gasteiger partial charge < -0.3 is 10.0 Å². The maximum atomic E-state index is 11.6. The Kier molecular flexibility index (Phi) is 5.02. The third-order valence-corrected chi connectivity index (χ3v) is 4.22. The summed E-state index contributed by atoms with van der Waals surface area (Å²) in [6, 6.07) is 5.19. The molecule has 0 amide bonds. The summed E-state index contributed by atoms with van der Waals surface area (Å²) < 4.78 is 0. The Morgan fingerprint density at radius 1 is 1.35 bits per heavy atom. The predicted molar refractivity (Wildman–Crippen MR) is 80.4 cm³/mol. The molecule has 1 aliphatic heterocycles. The maximum absolute atomic E-state index is 11.6. The molecule has 0 bridgehead atoms. The van der Waals surface area contributed by atoms with Crippen molar-refractivity contribution in [3.05, 3.63) is 34.3 Å². The van der Waals surface area contributed by atoms with Crippen molar-refractivity contribution in [1.29, 1.82) is 0 Å². The molecule has 0 aromatic heterocycles. The molecule has 0 aliphatic carbocycles. The predicted octanol–water partition coefficient (Wildman–Crippen LogP) is 1.89. The van der Waals surface area contributed by atoms with E-state index in [2.05, 4.69) is 16.8 Å². The van der Waals surface area contributed by atoms with Gasteiger partial charge in [0.2, 0.25) is 0 Å². The van der Waals surface area contributed by atoms with Gasteiger partial charge in [-0.2, -0.15) is 0 Å². The number of carboxylic acids is 1. The van der Waals surface area contributed by atoms with Crippen LogP contribution in [0.1, 0.15) is 11.1 Å². The first-order valence-corrected chi connectivity index (χ1v) is 7.25. The first-order chi connectivity index (χ1) is 9.47. The lowest BCUT2D eigenvalue weighted by molar-refractivity contribution is -0.144. The van der Waals surface area contributed by atoms with Crippen molar-refractivity contribution < 1.29 is 9.90 Å². The van der Waals surface area contributed by atoms with Crippen molar-refractivity contribution in [3.63, 3.8) is 0 Å². The molecule has 1 N–H and O–H groups in total. The van der Waals surface area contributed by atoms with Gasteiger partial charge in [0.05, 0.1) is 0 Å². The molecule has 1 unspecified atom stereocenters. The molecule has 110 valence electrons. The number of aliphatic carboxylic acids is 1. The summed E-state index contributed by atoms with van der Waals surface area (Å²) in [6.45, 7) is 5.42. The second-order valence-corrected chi connectivity index (χ2v) is 5.90. The number of halogens is 1. The maximum Gasteiger partial charge on any atom is 0.321 e. The Hall–Kier alpha value is -1.10. The number of carbonyl (C=O) groups is 1. The molecular weight excluding hydrogens is 276 g/mol. The highest BCUT2D eigenvalue weighted by Gasteiger charge is 2.28. The Labute approximate surface area is 124 Å². The molecule has 5 heteroatoms. The molecule has 2 rings (SSSR count). The van der Waals surface area contributed by atoms with E-state index in [0.717, 1.165) is 37.3 Å². The summed E-state index contributed by atoms with van der Waals surface area (Å²) in [7, 11) is 2.06. The highest BCUT2D eigenvalue weighted by Crippen LogP contribution is 2.19. The molecule has 1 aromatic carbocycles. The average Bonchev–Trinajstić information content (AvgIpc) is 2.40. The molecule has 0 saturated carbocycles. The zero-order valence-electron chi connectivity index (χ0n) is 12.0. The molecule has 1 saturated heterocycles. The Balaban J connectivity index is 2.13. The lowest BCUT2D eigenvalue weighted by atomic mass is 9.99. The van der Waals surface area contributed by atoms with E-state index in [1.165, 1.54) is 0 Å². The van der Waals surface area contributed by atoms with Crippen molar-refractivity contribution >= 4 is 17.6 Å². The lowest BCUT2D eigenvalue weighted by Gasteiger charge is -2.36. The quantitative estimate of drug-likeness (QED) is 0.921. The van der Waals surface area contributed by atoms with Gasteiger partial charge in [0.15, 0.2) is 0 Å². The van der Waals surface area contributed by atoms with E-state index in [4.69, 9.17) is 11.6 Å². The van der Waals surface area contributed by atoms with Gasteiger partial charge in [-0.1, -0.05) is 17.7 Å². The molecule has 20 heavy (non-hydrogen) atoms. The second-order valence-electron chi connectivity index (χ2n) is 5.47. The number of nitrogens with zero attached hydrogens (tertiary/aromatic N) is 2. The van der Waals surface area contributed by atoms with Gasteiger partial charge >= 0.3 is 5.97 Å². The van der Waals surface area contributed by atoms with Gasteiger partial charge in [0.25, 0.3) is 0 Å². The first-order valence-electron chi connectivity index (χ1n) is 6.88. The van der Waals surface area contributed by atoms with Crippen LogP contribution in [0.2, 0.25) is 5.02 Å². The summed E-state index contributed by atoms with van der Waals surface area (Å²) in [4.78, 5) is 15.9. The fourth-order valence-corrected chi connectivity index (χ4v) is 2.77. The van der Waals surface area contributed by atoms with Crippen LogP contribution in [0.4, 0.5) is 0 Å². The second kappa shape index (κ2) is 6.57. The van der Waals surface area contributed by atoms with E-state index in [0.29, 0.717) is 11.4 Å². The summed E-state index contributed by atoms with van der Waals surface area (Å²) in [5.41, 5.74) is 2.11. The number of hydrogen-bond donors (Lipinski definition) is 1. The molecule has 1 heterocycles. The molecule has 4 nitrogen and oxygen atoms in total. The van der Waals surface area contributed by atoms with Crippen LogP contribution in [0.3, 0.4) is 0 Å². The van der Waals surface area contributed by atoms with E-state index in [1.807, 2.05) is 25.1 Å². The highest BCUT2D eigenvalue weighted by atomic mass is 35.5. The first kappa shape index (κ1) is 15.3. The smallest absolute Gasteiger partial charge is 0.321 e. The van der Waals surface area contributed by atoms with E-state index in [-0.39, 0.29) is 0 Å². The standard InChI is InChI=1S/C15H21ClN2O2/c1-11-3-4-13(16)9-12(11)10-14(15(19)20)18-7-5-17(2)6-8-18/h3-4,9,14H,5-8,10H2,1-2H3,(H,19,20). The highest BCUT2D eigenvalue weighted by molar-refractivity contribution is 6.30. The van der Waals surface area contributed by atoms with Gasteiger partial charge in [-0.05, 0) is 43.7 Å². The molecule has 0 spiro atoms. The lowest BCUT2D eigenvalue weighted by Crippen LogP contribution is -2.52. The minimum atomic E-state index is -0.756. The van der Waals surface area contributed by atoms with Crippen LogP contribution in [0.15, 0.2) is 18.2 Å². The van der Waals surface area contributed by atoms with Crippen LogP contribution in [0.25, 0.3) is 0 Å². The largest absolute Gasteiger partial charge is 0.480 e. The third kappa shape index (κ3) is 3.72. The Morgan fingerprint density at radius 3 is 2.60 bits per heavy atom. The van der Waals surface area contributed by atoms with Crippen molar-refractivity contribution in [2.75, 3.05) is 33.2 Å². The number of rotatable bonds is 4. The van der Waals surface area contributed by atoms with Gasteiger partial charge in [0, 0.05) is 31.2 Å². The van der Waals surface area contributed by atoms with Crippen molar-refractivity contribution in [1.82, 2.24) is 9.80 Å². The van der Waals surface area contributed by atoms with E-state index in [1.54, 1.807) is 0 Å². The van der Waals surface area contributed by atoms with Crippen LogP contribution in [-0.2, 0) is 11.2 Å². The molecule has 1 aromatic rings. The number of likely N-dealkylation sites (N-methyl/N-ethyl adjacent to an activating group) is 1. The van der Waals surface area contributed by atoms with Crippen LogP contribution >= 0.6 is 11.6 Å². The number of aryl methyl sites for hydroxylation is 1. The van der Waals surface area contributed by atoms with Crippen molar-refractivity contribution in [2.24, 2.45) is 0 Å². The number of hydrogen-bond acceptors (Lipinski definition) is 3. The van der Waals surface area contributed by atoms with Crippen LogP contribution < -0.4 is 0 Å². The molecule has 1 fully saturated rings. The van der Waals surface area contributed by atoms with Crippen LogP contribution in [-0.4, -0.2) is 60.1 Å². The fourth-order valence-electron chi connectivity index (χ4n) is 2.57. The normalized spacial score (nSPS) is 18.9. The summed E-state index contributed by atoms with van der Waals surface area (Å²) in [5, 5.41) is 10.2. The minimum absolute atomic E-state index is 0.471. The molecular formula is C15H21ClN2O2. The number of carboxylic acid groups (broad SMARTS) is 1. The molecule has 0 radical (unpaired) electrons.